The lowest BCUT2D eigenvalue weighted by Gasteiger charge is -2.36. The largest absolute Gasteiger partial charge is 0.332 e. The summed E-state index contributed by atoms with van der Waals surface area (Å²) in [4.78, 5) is 26.8. The van der Waals surface area contributed by atoms with Crippen molar-refractivity contribution in [1.82, 2.24) is 9.80 Å². The zero-order chi connectivity index (χ0) is 16.4. The van der Waals surface area contributed by atoms with E-state index in [0.717, 1.165) is 19.5 Å². The van der Waals surface area contributed by atoms with Crippen molar-refractivity contribution in [3.8, 4) is 6.07 Å². The molecule has 2 aliphatic heterocycles. The third-order valence-electron chi connectivity index (χ3n) is 4.42. The van der Waals surface area contributed by atoms with Crippen LogP contribution in [0.3, 0.4) is 0 Å². The standard InChI is InChI=1S/C16H16N4O3/c17-9-14-11-19(13-7-8-18(14)10-13)16(21)6-5-12-3-1-2-4-15(12)20(22)23/h1-6,13-14H,7-8,10-11H2/b6-5+. The number of benzene rings is 1. The third-order valence-corrected chi connectivity index (χ3v) is 4.42. The molecule has 2 bridgehead atoms. The number of nitrogens with zero attached hydrogens (tertiary/aromatic N) is 4. The van der Waals surface area contributed by atoms with E-state index in [9.17, 15) is 20.2 Å². The molecule has 7 heteroatoms. The Morgan fingerprint density at radius 1 is 1.39 bits per heavy atom. The van der Waals surface area contributed by atoms with E-state index in [2.05, 4.69) is 11.0 Å². The average molecular weight is 312 g/mol. The van der Waals surface area contributed by atoms with Crippen molar-refractivity contribution >= 4 is 17.7 Å². The van der Waals surface area contributed by atoms with Gasteiger partial charge in [-0.05, 0) is 18.6 Å². The van der Waals surface area contributed by atoms with Gasteiger partial charge < -0.3 is 4.90 Å². The van der Waals surface area contributed by atoms with Crippen LogP contribution in [0.2, 0.25) is 0 Å². The highest BCUT2D eigenvalue weighted by atomic mass is 16.6. The van der Waals surface area contributed by atoms with Gasteiger partial charge in [-0.3, -0.25) is 19.8 Å². The van der Waals surface area contributed by atoms with E-state index < -0.39 is 4.92 Å². The topological polar surface area (TPSA) is 90.5 Å². The van der Waals surface area contributed by atoms with Crippen molar-refractivity contribution in [2.45, 2.75) is 18.5 Å². The molecule has 1 aromatic rings. The fraction of sp³-hybridized carbons (Fsp3) is 0.375. The van der Waals surface area contributed by atoms with Gasteiger partial charge in [-0.2, -0.15) is 5.26 Å². The first-order valence-electron chi connectivity index (χ1n) is 7.46. The van der Waals surface area contributed by atoms with Crippen LogP contribution in [0.5, 0.6) is 0 Å². The molecule has 7 nitrogen and oxygen atoms in total. The maximum atomic E-state index is 12.4. The molecule has 0 aromatic heterocycles. The highest BCUT2D eigenvalue weighted by Crippen LogP contribution is 2.25. The number of carbonyl (C=O) groups excluding carboxylic acids is 1. The summed E-state index contributed by atoms with van der Waals surface area (Å²) in [5.41, 5.74) is 0.366. The smallest absolute Gasteiger partial charge is 0.276 e. The third kappa shape index (κ3) is 2.94. The lowest BCUT2D eigenvalue weighted by Crippen LogP contribution is -2.53. The SMILES string of the molecule is N#CC1CN(C(=O)/C=C/c2ccccc2[N+](=O)[O-])C2CCN1C2. The van der Waals surface area contributed by atoms with Crippen molar-refractivity contribution in [2.75, 3.05) is 19.6 Å². The summed E-state index contributed by atoms with van der Waals surface area (Å²) in [7, 11) is 0. The molecule has 0 aliphatic carbocycles. The Morgan fingerprint density at radius 3 is 2.91 bits per heavy atom. The van der Waals surface area contributed by atoms with Gasteiger partial charge in [0.1, 0.15) is 6.04 Å². The maximum absolute atomic E-state index is 12.4. The number of hydrogen-bond acceptors (Lipinski definition) is 5. The predicted molar refractivity (Wildman–Crippen MR) is 83.2 cm³/mol. The molecule has 23 heavy (non-hydrogen) atoms. The summed E-state index contributed by atoms with van der Waals surface area (Å²) in [6.07, 6.45) is 3.71. The number of para-hydroxylation sites is 1. The van der Waals surface area contributed by atoms with E-state index in [1.165, 1.54) is 18.2 Å². The number of hydrogen-bond donors (Lipinski definition) is 0. The minimum Gasteiger partial charge on any atom is -0.332 e. The molecular formula is C16H16N4O3. The van der Waals surface area contributed by atoms with E-state index in [1.807, 2.05) is 0 Å². The van der Waals surface area contributed by atoms with Gasteiger partial charge >= 0.3 is 0 Å². The number of nitriles is 1. The van der Waals surface area contributed by atoms with Crippen molar-refractivity contribution in [1.29, 1.82) is 5.26 Å². The zero-order valence-corrected chi connectivity index (χ0v) is 12.5. The van der Waals surface area contributed by atoms with Crippen LogP contribution in [-0.4, -0.2) is 52.3 Å². The van der Waals surface area contributed by atoms with Crippen LogP contribution < -0.4 is 0 Å². The van der Waals surface area contributed by atoms with Crippen molar-refractivity contribution in [3.63, 3.8) is 0 Å². The minimum absolute atomic E-state index is 0.0304. The molecule has 0 N–H and O–H groups in total. The molecular weight excluding hydrogens is 296 g/mol. The molecule has 2 heterocycles. The molecule has 2 fully saturated rings. The first-order valence-corrected chi connectivity index (χ1v) is 7.46. The normalized spacial score (nSPS) is 26.2. The first kappa shape index (κ1) is 15.2. The maximum Gasteiger partial charge on any atom is 0.276 e. The summed E-state index contributed by atoms with van der Waals surface area (Å²) in [5, 5.41) is 20.2. The summed E-state index contributed by atoms with van der Waals surface area (Å²) in [6.45, 7) is 1.95. The molecule has 3 rings (SSSR count). The predicted octanol–water partition coefficient (Wildman–Crippen LogP) is 1.42. The molecule has 1 aromatic carbocycles. The Kier molecular flexibility index (Phi) is 4.08. The van der Waals surface area contributed by atoms with Crippen LogP contribution >= 0.6 is 0 Å². The number of fused-ring (bicyclic) bond motifs is 2. The summed E-state index contributed by atoms with van der Waals surface area (Å²) in [6, 6.07) is 8.39. The average Bonchev–Trinajstić information content (AvgIpc) is 2.97. The molecule has 0 saturated carbocycles. The lowest BCUT2D eigenvalue weighted by atomic mass is 10.1. The summed E-state index contributed by atoms with van der Waals surface area (Å²) < 4.78 is 0. The van der Waals surface area contributed by atoms with E-state index in [0.29, 0.717) is 12.1 Å². The number of rotatable bonds is 3. The number of amides is 1. The zero-order valence-electron chi connectivity index (χ0n) is 12.5. The second kappa shape index (κ2) is 6.18. The molecule has 3 atom stereocenters. The van der Waals surface area contributed by atoms with Gasteiger partial charge in [0.15, 0.2) is 0 Å². The van der Waals surface area contributed by atoms with Crippen LogP contribution in [0, 0.1) is 21.4 Å². The number of nitro groups is 1. The number of piperazine rings is 1. The van der Waals surface area contributed by atoms with Crippen molar-refractivity contribution < 1.29 is 9.72 Å². The van der Waals surface area contributed by atoms with Gasteiger partial charge in [0, 0.05) is 31.3 Å². The van der Waals surface area contributed by atoms with Gasteiger partial charge in [-0.25, -0.2) is 0 Å². The Labute approximate surface area is 133 Å². The summed E-state index contributed by atoms with van der Waals surface area (Å²) in [5.74, 6) is -0.199. The molecule has 1 amide bonds. The molecule has 0 radical (unpaired) electrons. The second-order valence-corrected chi connectivity index (χ2v) is 5.72. The van der Waals surface area contributed by atoms with Gasteiger partial charge in [-0.15, -0.1) is 0 Å². The van der Waals surface area contributed by atoms with E-state index in [-0.39, 0.29) is 23.7 Å². The molecule has 2 aliphatic rings. The Balaban J connectivity index is 1.77. The van der Waals surface area contributed by atoms with Gasteiger partial charge in [0.05, 0.1) is 23.1 Å². The Morgan fingerprint density at radius 2 is 2.17 bits per heavy atom. The molecule has 2 saturated heterocycles. The fourth-order valence-electron chi connectivity index (χ4n) is 3.20. The second-order valence-electron chi connectivity index (χ2n) is 5.72. The van der Waals surface area contributed by atoms with Crippen molar-refractivity contribution in [3.05, 3.63) is 46.0 Å². The summed E-state index contributed by atoms with van der Waals surface area (Å²) >= 11 is 0. The lowest BCUT2D eigenvalue weighted by molar-refractivity contribution is -0.385. The van der Waals surface area contributed by atoms with E-state index in [4.69, 9.17) is 0 Å². The minimum atomic E-state index is -0.467. The van der Waals surface area contributed by atoms with Crippen LogP contribution in [0.25, 0.3) is 6.08 Å². The number of nitro benzene ring substituents is 1. The van der Waals surface area contributed by atoms with Crippen LogP contribution in [0.4, 0.5) is 5.69 Å². The molecule has 0 spiro atoms. The van der Waals surface area contributed by atoms with Crippen molar-refractivity contribution in [2.24, 2.45) is 0 Å². The van der Waals surface area contributed by atoms with Crippen LogP contribution in [0.1, 0.15) is 12.0 Å². The number of carbonyl (C=O) groups is 1. The monoisotopic (exact) mass is 312 g/mol. The van der Waals surface area contributed by atoms with Gasteiger partial charge in [0.25, 0.3) is 5.69 Å². The van der Waals surface area contributed by atoms with Gasteiger partial charge in [0.2, 0.25) is 5.91 Å². The quantitative estimate of drug-likeness (QED) is 0.478. The molecule has 3 unspecified atom stereocenters. The van der Waals surface area contributed by atoms with Crippen LogP contribution in [-0.2, 0) is 4.79 Å². The Bertz CT molecular complexity index is 710. The van der Waals surface area contributed by atoms with E-state index >= 15 is 0 Å². The highest BCUT2D eigenvalue weighted by molar-refractivity contribution is 5.92. The fourth-order valence-corrected chi connectivity index (χ4v) is 3.20. The van der Waals surface area contributed by atoms with Crippen LogP contribution in [0.15, 0.2) is 30.3 Å². The van der Waals surface area contributed by atoms with E-state index in [1.54, 1.807) is 23.1 Å². The molecule has 118 valence electrons. The van der Waals surface area contributed by atoms with Gasteiger partial charge in [-0.1, -0.05) is 12.1 Å². The first-order chi connectivity index (χ1) is 11.1. The Hall–Kier alpha value is -2.72. The highest BCUT2D eigenvalue weighted by Gasteiger charge is 2.40.